The van der Waals surface area contributed by atoms with E-state index in [4.69, 9.17) is 4.42 Å². The van der Waals surface area contributed by atoms with Crippen molar-refractivity contribution < 1.29 is 4.42 Å². The molecule has 0 unspecified atom stereocenters. The highest BCUT2D eigenvalue weighted by atomic mass is 16.4. The number of nitrogens with one attached hydrogen (secondary N) is 1. The molecule has 0 spiro atoms. The first kappa shape index (κ1) is 14.3. The minimum atomic E-state index is 0.538. The summed E-state index contributed by atoms with van der Waals surface area (Å²) in [6.45, 7) is 5.41. The van der Waals surface area contributed by atoms with E-state index in [2.05, 4.69) is 53.6 Å². The maximum absolute atomic E-state index is 5.74. The van der Waals surface area contributed by atoms with Gasteiger partial charge in [0.1, 0.15) is 0 Å². The van der Waals surface area contributed by atoms with E-state index >= 15 is 0 Å². The second-order valence-electron chi connectivity index (χ2n) is 6.11. The van der Waals surface area contributed by atoms with Gasteiger partial charge in [0.05, 0.1) is 0 Å². The number of benzene rings is 1. The summed E-state index contributed by atoms with van der Waals surface area (Å²) in [5, 5.41) is 11.8. The lowest BCUT2D eigenvalue weighted by molar-refractivity contribution is 0.491. The van der Waals surface area contributed by atoms with Gasteiger partial charge in [0.15, 0.2) is 0 Å². The van der Waals surface area contributed by atoms with E-state index in [1.54, 1.807) is 0 Å². The minimum Gasteiger partial charge on any atom is -0.421 e. The Kier molecular flexibility index (Phi) is 4.34. The van der Waals surface area contributed by atoms with Gasteiger partial charge in [0.2, 0.25) is 11.8 Å². The van der Waals surface area contributed by atoms with Gasteiger partial charge in [0.25, 0.3) is 0 Å². The molecule has 1 aromatic carbocycles. The van der Waals surface area contributed by atoms with E-state index in [1.165, 1.54) is 18.4 Å². The van der Waals surface area contributed by atoms with E-state index in [-0.39, 0.29) is 0 Å². The highest BCUT2D eigenvalue weighted by Crippen LogP contribution is 2.22. The number of aryl methyl sites for hydroxylation is 1. The molecule has 0 amide bonds. The molecule has 0 aliphatic heterocycles. The third-order valence-electron chi connectivity index (χ3n) is 3.87. The van der Waals surface area contributed by atoms with Crippen molar-refractivity contribution in [1.82, 2.24) is 15.5 Å². The van der Waals surface area contributed by atoms with Gasteiger partial charge in [-0.1, -0.05) is 26.0 Å². The van der Waals surface area contributed by atoms with Gasteiger partial charge in [-0.25, -0.2) is 0 Å². The molecule has 4 nitrogen and oxygen atoms in total. The predicted molar refractivity (Wildman–Crippen MR) is 83.2 cm³/mol. The molecule has 0 atom stereocenters. The molecule has 1 aliphatic rings. The topological polar surface area (TPSA) is 51.0 Å². The van der Waals surface area contributed by atoms with Gasteiger partial charge < -0.3 is 9.73 Å². The molecule has 1 aromatic heterocycles. The minimum absolute atomic E-state index is 0.538. The average Bonchev–Trinajstić information content (AvgIpc) is 3.20. The first-order valence-electron chi connectivity index (χ1n) is 7.88. The van der Waals surface area contributed by atoms with E-state index in [0.29, 0.717) is 11.8 Å². The zero-order valence-electron chi connectivity index (χ0n) is 12.8. The lowest BCUT2D eigenvalue weighted by Crippen LogP contribution is -2.17. The van der Waals surface area contributed by atoms with Crippen LogP contribution in [-0.4, -0.2) is 22.8 Å². The van der Waals surface area contributed by atoms with Crippen LogP contribution in [0.2, 0.25) is 0 Å². The Morgan fingerprint density at radius 2 is 1.95 bits per heavy atom. The fourth-order valence-corrected chi connectivity index (χ4v) is 2.32. The molecule has 1 N–H and O–H groups in total. The molecule has 0 radical (unpaired) electrons. The Morgan fingerprint density at radius 1 is 1.19 bits per heavy atom. The highest BCUT2D eigenvalue weighted by molar-refractivity contribution is 5.53. The van der Waals surface area contributed by atoms with Crippen molar-refractivity contribution in [2.75, 3.05) is 6.54 Å². The summed E-state index contributed by atoms with van der Waals surface area (Å²) in [5.74, 6) is 1.89. The Morgan fingerprint density at radius 3 is 2.62 bits per heavy atom. The second-order valence-corrected chi connectivity index (χ2v) is 6.11. The number of aromatic nitrogens is 2. The Hall–Kier alpha value is -1.68. The van der Waals surface area contributed by atoms with Crippen molar-refractivity contribution in [2.24, 2.45) is 0 Å². The number of rotatable bonds is 7. The molecule has 1 heterocycles. The van der Waals surface area contributed by atoms with E-state index in [1.807, 2.05) is 0 Å². The van der Waals surface area contributed by atoms with Crippen LogP contribution in [0.1, 0.15) is 50.5 Å². The van der Waals surface area contributed by atoms with Gasteiger partial charge in [-0.15, -0.1) is 10.2 Å². The number of hydrogen-bond donors (Lipinski definition) is 1. The normalized spacial score (nSPS) is 14.8. The Labute approximate surface area is 126 Å². The SMILES string of the molecule is CC(C)c1ccc(-c2nnc(CCCNC3CC3)o2)cc1. The summed E-state index contributed by atoms with van der Waals surface area (Å²) < 4.78 is 5.74. The molecule has 4 heteroatoms. The largest absolute Gasteiger partial charge is 0.421 e. The van der Waals surface area contributed by atoms with Crippen molar-refractivity contribution >= 4 is 0 Å². The fraction of sp³-hybridized carbons (Fsp3) is 0.529. The number of nitrogens with zero attached hydrogens (tertiary/aromatic N) is 2. The van der Waals surface area contributed by atoms with Gasteiger partial charge in [-0.2, -0.15) is 0 Å². The van der Waals surface area contributed by atoms with E-state index < -0.39 is 0 Å². The zero-order chi connectivity index (χ0) is 14.7. The summed E-state index contributed by atoms with van der Waals surface area (Å²) >= 11 is 0. The molecule has 3 rings (SSSR count). The van der Waals surface area contributed by atoms with Crippen molar-refractivity contribution in [2.45, 2.75) is 51.5 Å². The van der Waals surface area contributed by atoms with Crippen LogP contribution >= 0.6 is 0 Å². The average molecular weight is 285 g/mol. The smallest absolute Gasteiger partial charge is 0.247 e. The third-order valence-corrected chi connectivity index (χ3v) is 3.87. The van der Waals surface area contributed by atoms with Crippen LogP contribution in [0.15, 0.2) is 28.7 Å². The molecular weight excluding hydrogens is 262 g/mol. The Bertz CT molecular complexity index is 570. The summed E-state index contributed by atoms with van der Waals surface area (Å²) in [5.41, 5.74) is 2.32. The van der Waals surface area contributed by atoms with Gasteiger partial charge in [-0.3, -0.25) is 0 Å². The van der Waals surface area contributed by atoms with E-state index in [9.17, 15) is 0 Å². The van der Waals surface area contributed by atoms with Crippen LogP contribution < -0.4 is 5.32 Å². The van der Waals surface area contributed by atoms with E-state index in [0.717, 1.165) is 36.9 Å². The first-order chi connectivity index (χ1) is 10.2. The molecule has 1 saturated carbocycles. The molecule has 21 heavy (non-hydrogen) atoms. The first-order valence-corrected chi connectivity index (χ1v) is 7.88. The molecule has 112 valence electrons. The summed E-state index contributed by atoms with van der Waals surface area (Å²) in [4.78, 5) is 0. The second kappa shape index (κ2) is 6.39. The lowest BCUT2D eigenvalue weighted by Gasteiger charge is -2.04. The van der Waals surface area contributed by atoms with Crippen molar-refractivity contribution in [3.05, 3.63) is 35.7 Å². The number of hydrogen-bond acceptors (Lipinski definition) is 4. The van der Waals surface area contributed by atoms with Gasteiger partial charge in [-0.05, 0) is 49.4 Å². The zero-order valence-corrected chi connectivity index (χ0v) is 12.8. The third kappa shape index (κ3) is 3.91. The van der Waals surface area contributed by atoms with Crippen LogP contribution in [0.25, 0.3) is 11.5 Å². The van der Waals surface area contributed by atoms with Crippen molar-refractivity contribution in [3.8, 4) is 11.5 Å². The fourth-order valence-electron chi connectivity index (χ4n) is 2.32. The van der Waals surface area contributed by atoms with Crippen LogP contribution in [-0.2, 0) is 6.42 Å². The maximum atomic E-state index is 5.74. The summed E-state index contributed by atoms with van der Waals surface area (Å²) in [6, 6.07) is 9.14. The monoisotopic (exact) mass is 285 g/mol. The molecule has 2 aromatic rings. The van der Waals surface area contributed by atoms with Gasteiger partial charge in [0, 0.05) is 18.0 Å². The summed E-state index contributed by atoms with van der Waals surface area (Å²) in [7, 11) is 0. The van der Waals surface area contributed by atoms with Crippen LogP contribution in [0, 0.1) is 0 Å². The van der Waals surface area contributed by atoms with Crippen LogP contribution in [0.5, 0.6) is 0 Å². The van der Waals surface area contributed by atoms with Crippen molar-refractivity contribution in [3.63, 3.8) is 0 Å². The molecule has 1 fully saturated rings. The van der Waals surface area contributed by atoms with Crippen molar-refractivity contribution in [1.29, 1.82) is 0 Å². The van der Waals surface area contributed by atoms with Gasteiger partial charge >= 0.3 is 0 Å². The van der Waals surface area contributed by atoms with Crippen LogP contribution in [0.4, 0.5) is 0 Å². The standard InChI is InChI=1S/C17H23N3O/c1-12(2)13-5-7-14(8-6-13)17-20-19-16(21-17)4-3-11-18-15-9-10-15/h5-8,12,15,18H,3-4,9-11H2,1-2H3. The lowest BCUT2D eigenvalue weighted by atomic mass is 10.0. The quantitative estimate of drug-likeness (QED) is 0.790. The highest BCUT2D eigenvalue weighted by Gasteiger charge is 2.19. The maximum Gasteiger partial charge on any atom is 0.247 e. The predicted octanol–water partition coefficient (Wildman–Crippen LogP) is 3.54. The molecule has 1 aliphatic carbocycles. The summed E-state index contributed by atoms with van der Waals surface area (Å²) in [6.07, 6.45) is 4.55. The molecule has 0 bridgehead atoms. The molecular formula is C17H23N3O. The van der Waals surface area contributed by atoms with Crippen LogP contribution in [0.3, 0.4) is 0 Å². The Balaban J connectivity index is 1.55. The molecule has 0 saturated heterocycles.